The molecule has 1 heterocycles. The lowest BCUT2D eigenvalue weighted by molar-refractivity contribution is 0.741. The van der Waals surface area contributed by atoms with Crippen molar-refractivity contribution in [3.8, 4) is 0 Å². The van der Waals surface area contributed by atoms with Gasteiger partial charge in [-0.25, -0.2) is 0 Å². The van der Waals surface area contributed by atoms with Gasteiger partial charge in [-0.15, -0.1) is 23.1 Å². The molecule has 2 aromatic rings. The molecule has 0 fully saturated rings. The van der Waals surface area contributed by atoms with Crippen LogP contribution in [-0.2, 0) is 6.54 Å². The van der Waals surface area contributed by atoms with Gasteiger partial charge in [0.25, 0.3) is 0 Å². The molecule has 0 radical (unpaired) electrons. The molecule has 0 aliphatic carbocycles. The van der Waals surface area contributed by atoms with Gasteiger partial charge in [-0.2, -0.15) is 0 Å². The lowest BCUT2D eigenvalue weighted by Gasteiger charge is -2.05. The molecule has 0 atom stereocenters. The summed E-state index contributed by atoms with van der Waals surface area (Å²) >= 11 is 3.74. The van der Waals surface area contributed by atoms with Crippen LogP contribution in [0.15, 0.2) is 46.7 Å². The van der Waals surface area contributed by atoms with E-state index in [0.717, 1.165) is 18.8 Å². The second-order valence-electron chi connectivity index (χ2n) is 3.87. The summed E-state index contributed by atoms with van der Waals surface area (Å²) in [6, 6.07) is 12.8. The van der Waals surface area contributed by atoms with Crippen LogP contribution in [0.4, 0.5) is 0 Å². The second kappa shape index (κ2) is 6.84. The molecule has 0 aliphatic heterocycles. The Morgan fingerprint density at radius 2 is 2.06 bits per heavy atom. The van der Waals surface area contributed by atoms with Crippen LogP contribution in [-0.4, -0.2) is 12.3 Å². The maximum Gasteiger partial charge on any atom is 0.0300 e. The lowest BCUT2D eigenvalue weighted by atomic mass is 10.2. The Balaban J connectivity index is 1.65. The van der Waals surface area contributed by atoms with E-state index in [1.54, 1.807) is 0 Å². The van der Waals surface area contributed by atoms with Gasteiger partial charge in [0, 0.05) is 28.6 Å². The Labute approximate surface area is 111 Å². The highest BCUT2D eigenvalue weighted by Crippen LogP contribution is 2.20. The van der Waals surface area contributed by atoms with Crippen molar-refractivity contribution >= 4 is 23.1 Å². The maximum absolute atomic E-state index is 3.47. The van der Waals surface area contributed by atoms with Crippen molar-refractivity contribution in [2.24, 2.45) is 0 Å². The van der Waals surface area contributed by atoms with E-state index in [4.69, 9.17) is 0 Å². The molecule has 1 N–H and O–H groups in total. The molecule has 3 heteroatoms. The number of thiophene rings is 1. The smallest absolute Gasteiger partial charge is 0.0300 e. The van der Waals surface area contributed by atoms with E-state index in [-0.39, 0.29) is 0 Å². The van der Waals surface area contributed by atoms with Crippen molar-refractivity contribution in [3.05, 3.63) is 52.2 Å². The number of aryl methyl sites for hydroxylation is 1. The molecule has 2 rings (SSSR count). The topological polar surface area (TPSA) is 12.0 Å². The summed E-state index contributed by atoms with van der Waals surface area (Å²) in [5, 5.41) is 5.59. The number of thioether (sulfide) groups is 1. The van der Waals surface area contributed by atoms with E-state index in [1.165, 1.54) is 15.3 Å². The fourth-order valence-corrected chi connectivity index (χ4v) is 3.19. The molecule has 0 saturated carbocycles. The SMILES string of the molecule is Cc1ccccc1SCCNCc1cccs1. The molecule has 0 bridgehead atoms. The average molecular weight is 263 g/mol. The highest BCUT2D eigenvalue weighted by atomic mass is 32.2. The molecule has 0 amide bonds. The fourth-order valence-electron chi connectivity index (χ4n) is 1.58. The average Bonchev–Trinajstić information content (AvgIpc) is 2.84. The van der Waals surface area contributed by atoms with Crippen LogP contribution in [0.2, 0.25) is 0 Å². The Morgan fingerprint density at radius 1 is 1.18 bits per heavy atom. The normalized spacial score (nSPS) is 10.6. The quantitative estimate of drug-likeness (QED) is 0.626. The molecule has 1 nitrogen and oxygen atoms in total. The van der Waals surface area contributed by atoms with Gasteiger partial charge in [0.15, 0.2) is 0 Å². The van der Waals surface area contributed by atoms with Gasteiger partial charge in [0.2, 0.25) is 0 Å². The lowest BCUT2D eigenvalue weighted by Crippen LogP contribution is -2.15. The first-order valence-corrected chi connectivity index (χ1v) is 7.64. The van der Waals surface area contributed by atoms with Crippen molar-refractivity contribution in [3.63, 3.8) is 0 Å². The van der Waals surface area contributed by atoms with Crippen LogP contribution in [0.1, 0.15) is 10.4 Å². The minimum atomic E-state index is 0.992. The standard InChI is InChI=1S/C14H17NS2/c1-12-5-2-3-7-14(12)17-10-8-15-11-13-6-4-9-16-13/h2-7,9,15H,8,10-11H2,1H3. The Kier molecular flexibility index (Phi) is 5.10. The second-order valence-corrected chi connectivity index (χ2v) is 6.04. The van der Waals surface area contributed by atoms with Crippen molar-refractivity contribution < 1.29 is 0 Å². The van der Waals surface area contributed by atoms with Gasteiger partial charge >= 0.3 is 0 Å². The maximum atomic E-state index is 3.47. The van der Waals surface area contributed by atoms with E-state index in [2.05, 4.69) is 54.0 Å². The number of hydrogen-bond acceptors (Lipinski definition) is 3. The summed E-state index contributed by atoms with van der Waals surface area (Å²) in [6.07, 6.45) is 0. The first kappa shape index (κ1) is 12.7. The van der Waals surface area contributed by atoms with Crippen molar-refractivity contribution in [2.75, 3.05) is 12.3 Å². The molecule has 0 spiro atoms. The van der Waals surface area contributed by atoms with Crippen molar-refractivity contribution in [2.45, 2.75) is 18.4 Å². The summed E-state index contributed by atoms with van der Waals surface area (Å²) in [5.41, 5.74) is 1.37. The van der Waals surface area contributed by atoms with E-state index >= 15 is 0 Å². The van der Waals surface area contributed by atoms with Gasteiger partial charge in [-0.3, -0.25) is 0 Å². The molecule has 0 saturated heterocycles. The zero-order valence-corrected chi connectivity index (χ0v) is 11.6. The van der Waals surface area contributed by atoms with E-state index in [1.807, 2.05) is 23.1 Å². The fraction of sp³-hybridized carbons (Fsp3) is 0.286. The summed E-state index contributed by atoms with van der Waals surface area (Å²) in [7, 11) is 0. The molecule has 17 heavy (non-hydrogen) atoms. The zero-order valence-electron chi connectivity index (χ0n) is 9.98. The summed E-state index contributed by atoms with van der Waals surface area (Å²) in [5.74, 6) is 1.12. The molecule has 1 aromatic carbocycles. The Morgan fingerprint density at radius 3 is 2.82 bits per heavy atom. The predicted octanol–water partition coefficient (Wildman–Crippen LogP) is 3.94. The van der Waals surface area contributed by atoms with E-state index in [9.17, 15) is 0 Å². The third kappa shape index (κ3) is 4.19. The third-order valence-electron chi connectivity index (χ3n) is 2.51. The van der Waals surface area contributed by atoms with Crippen LogP contribution >= 0.6 is 23.1 Å². The summed E-state index contributed by atoms with van der Waals surface area (Å²) < 4.78 is 0. The third-order valence-corrected chi connectivity index (χ3v) is 4.56. The minimum absolute atomic E-state index is 0.992. The first-order valence-electron chi connectivity index (χ1n) is 5.78. The van der Waals surface area contributed by atoms with Gasteiger partial charge in [-0.1, -0.05) is 24.3 Å². The van der Waals surface area contributed by atoms with E-state index < -0.39 is 0 Å². The number of benzene rings is 1. The van der Waals surface area contributed by atoms with Gasteiger partial charge in [0.1, 0.15) is 0 Å². The van der Waals surface area contributed by atoms with Crippen molar-refractivity contribution in [1.29, 1.82) is 0 Å². The zero-order chi connectivity index (χ0) is 11.9. The molecule has 90 valence electrons. The van der Waals surface area contributed by atoms with Crippen LogP contribution in [0.25, 0.3) is 0 Å². The van der Waals surface area contributed by atoms with Gasteiger partial charge < -0.3 is 5.32 Å². The predicted molar refractivity (Wildman–Crippen MR) is 77.9 cm³/mol. The molecule has 0 unspecified atom stereocenters. The molecular weight excluding hydrogens is 246 g/mol. The van der Waals surface area contributed by atoms with Gasteiger partial charge in [0.05, 0.1) is 0 Å². The number of hydrogen-bond donors (Lipinski definition) is 1. The molecule has 1 aromatic heterocycles. The molecular formula is C14H17NS2. The highest BCUT2D eigenvalue weighted by Gasteiger charge is 1.97. The minimum Gasteiger partial charge on any atom is -0.311 e. The number of rotatable bonds is 6. The first-order chi connectivity index (χ1) is 8.36. The van der Waals surface area contributed by atoms with Crippen molar-refractivity contribution in [1.82, 2.24) is 5.32 Å². The van der Waals surface area contributed by atoms with Crippen LogP contribution in [0.3, 0.4) is 0 Å². The Bertz CT molecular complexity index is 437. The summed E-state index contributed by atoms with van der Waals surface area (Å²) in [4.78, 5) is 2.80. The summed E-state index contributed by atoms with van der Waals surface area (Å²) in [6.45, 7) is 4.21. The van der Waals surface area contributed by atoms with E-state index in [0.29, 0.717) is 0 Å². The largest absolute Gasteiger partial charge is 0.311 e. The Hall–Kier alpha value is -0.770. The van der Waals surface area contributed by atoms with Crippen LogP contribution in [0, 0.1) is 6.92 Å². The monoisotopic (exact) mass is 263 g/mol. The van der Waals surface area contributed by atoms with Crippen LogP contribution in [0.5, 0.6) is 0 Å². The highest BCUT2D eigenvalue weighted by molar-refractivity contribution is 7.99. The number of nitrogens with one attached hydrogen (secondary N) is 1. The van der Waals surface area contributed by atoms with Gasteiger partial charge in [-0.05, 0) is 30.0 Å². The van der Waals surface area contributed by atoms with Crippen LogP contribution < -0.4 is 5.32 Å². The molecule has 0 aliphatic rings.